The number of amides is 2. The highest BCUT2D eigenvalue weighted by atomic mass is 19.4. The number of nitrogens with one attached hydrogen (secondary N) is 2. The molecule has 3 aromatic carbocycles. The minimum absolute atomic E-state index is 0.163. The maximum Gasteiger partial charge on any atom is 0.422 e. The number of ketones is 1. The quantitative estimate of drug-likeness (QED) is 0.134. The van der Waals surface area contributed by atoms with Crippen molar-refractivity contribution in [2.75, 3.05) is 17.2 Å². The van der Waals surface area contributed by atoms with Crippen LogP contribution in [0.1, 0.15) is 16.8 Å². The summed E-state index contributed by atoms with van der Waals surface area (Å²) in [6.45, 7) is -1.74. The number of anilines is 2. The van der Waals surface area contributed by atoms with E-state index in [1.807, 2.05) is 5.32 Å². The fourth-order valence-electron chi connectivity index (χ4n) is 3.77. The van der Waals surface area contributed by atoms with Crippen LogP contribution in [-0.2, 0) is 4.79 Å². The Morgan fingerprint density at radius 3 is 2.38 bits per heavy atom. The molecule has 0 atom stereocenters. The lowest BCUT2D eigenvalue weighted by atomic mass is 10.0. The van der Waals surface area contributed by atoms with E-state index in [0.29, 0.717) is 5.69 Å². The van der Waals surface area contributed by atoms with Crippen molar-refractivity contribution in [3.63, 3.8) is 0 Å². The molecule has 3 N–H and O–H groups in total. The fraction of sp³-hybridized carbons (Fsp3) is 0.111. The van der Waals surface area contributed by atoms with Gasteiger partial charge in [0.15, 0.2) is 12.4 Å². The summed E-state index contributed by atoms with van der Waals surface area (Å²) in [5, 5.41) is 13.6. The molecule has 13 heteroatoms. The Morgan fingerprint density at radius 1 is 0.950 bits per heavy atom. The van der Waals surface area contributed by atoms with Crippen molar-refractivity contribution >= 4 is 29.2 Å². The van der Waals surface area contributed by atoms with Gasteiger partial charge in [0, 0.05) is 40.8 Å². The molecule has 0 fully saturated rings. The Bertz CT molecular complexity index is 1560. The second-order valence-electron chi connectivity index (χ2n) is 8.38. The second-order valence-corrected chi connectivity index (χ2v) is 8.38. The third kappa shape index (κ3) is 7.01. The molecule has 0 unspecified atom stereocenters. The average Bonchev–Trinajstić information content (AvgIpc) is 3.43. The molecule has 1 heterocycles. The summed E-state index contributed by atoms with van der Waals surface area (Å²) in [7, 11) is 0. The SMILES string of the molecule is O=C(O)Nc1cc(OCC(F)(F)F)c(-c2ccccc2F)cc1NC(=O)CC(=O)c1cccc(-n2ccnc2)c1. The highest BCUT2D eigenvalue weighted by molar-refractivity contribution is 6.12. The van der Waals surface area contributed by atoms with Gasteiger partial charge in [-0.2, -0.15) is 13.2 Å². The lowest BCUT2D eigenvalue weighted by Crippen LogP contribution is -2.21. The Labute approximate surface area is 224 Å². The zero-order valence-electron chi connectivity index (χ0n) is 20.4. The van der Waals surface area contributed by atoms with Crippen LogP contribution in [0.4, 0.5) is 33.7 Å². The van der Waals surface area contributed by atoms with E-state index in [0.717, 1.165) is 18.2 Å². The van der Waals surface area contributed by atoms with E-state index in [1.54, 1.807) is 35.2 Å². The van der Waals surface area contributed by atoms with E-state index in [2.05, 4.69) is 10.3 Å². The first kappa shape index (κ1) is 27.8. The summed E-state index contributed by atoms with van der Waals surface area (Å²) in [6.07, 6.45) is -2.23. The molecule has 0 aliphatic carbocycles. The number of carbonyl (C=O) groups is 3. The highest BCUT2D eigenvalue weighted by Crippen LogP contribution is 2.39. The first-order valence-corrected chi connectivity index (χ1v) is 11.5. The van der Waals surface area contributed by atoms with E-state index in [9.17, 15) is 37.1 Å². The molecule has 0 saturated carbocycles. The smallest absolute Gasteiger partial charge is 0.422 e. The normalized spacial score (nSPS) is 11.1. The van der Waals surface area contributed by atoms with Crippen molar-refractivity contribution in [3.05, 3.63) is 90.8 Å². The van der Waals surface area contributed by atoms with Gasteiger partial charge in [-0.05, 0) is 24.3 Å². The zero-order valence-corrected chi connectivity index (χ0v) is 20.4. The van der Waals surface area contributed by atoms with E-state index in [-0.39, 0.29) is 28.1 Å². The molecule has 0 aliphatic rings. The Morgan fingerprint density at radius 2 is 1.70 bits per heavy atom. The lowest BCUT2D eigenvalue weighted by molar-refractivity contribution is -0.153. The summed E-state index contributed by atoms with van der Waals surface area (Å²) in [6, 6.07) is 13.5. The van der Waals surface area contributed by atoms with Crippen LogP contribution in [0, 0.1) is 5.82 Å². The van der Waals surface area contributed by atoms with Crippen LogP contribution >= 0.6 is 0 Å². The van der Waals surface area contributed by atoms with Gasteiger partial charge >= 0.3 is 12.3 Å². The maximum atomic E-state index is 14.6. The average molecular weight is 556 g/mol. The van der Waals surface area contributed by atoms with E-state index >= 15 is 0 Å². The third-order valence-electron chi connectivity index (χ3n) is 5.48. The lowest BCUT2D eigenvalue weighted by Gasteiger charge is -2.18. The molecule has 206 valence electrons. The van der Waals surface area contributed by atoms with Crippen LogP contribution in [-0.4, -0.2) is 45.2 Å². The van der Waals surface area contributed by atoms with Gasteiger partial charge in [-0.3, -0.25) is 14.9 Å². The van der Waals surface area contributed by atoms with Crippen molar-refractivity contribution in [2.45, 2.75) is 12.6 Å². The van der Waals surface area contributed by atoms with Gasteiger partial charge in [0.05, 0.1) is 24.1 Å². The highest BCUT2D eigenvalue weighted by Gasteiger charge is 2.30. The van der Waals surface area contributed by atoms with Crippen LogP contribution in [0.3, 0.4) is 0 Å². The zero-order chi connectivity index (χ0) is 28.9. The number of hydrogen-bond donors (Lipinski definition) is 3. The number of imidazole rings is 1. The Balaban J connectivity index is 1.65. The summed E-state index contributed by atoms with van der Waals surface area (Å²) < 4.78 is 59.8. The van der Waals surface area contributed by atoms with Gasteiger partial charge in [-0.1, -0.05) is 30.3 Å². The molecule has 4 rings (SSSR count). The number of hydrogen-bond acceptors (Lipinski definition) is 5. The number of nitrogens with zero attached hydrogens (tertiary/aromatic N) is 2. The molecule has 0 spiro atoms. The van der Waals surface area contributed by atoms with Crippen molar-refractivity contribution in [3.8, 4) is 22.6 Å². The number of Topliss-reactive ketones (excluding diaryl/α,β-unsaturated/α-hetero) is 1. The van der Waals surface area contributed by atoms with Gasteiger partial charge in [-0.25, -0.2) is 14.2 Å². The summed E-state index contributed by atoms with van der Waals surface area (Å²) in [4.78, 5) is 41.0. The van der Waals surface area contributed by atoms with Crippen LogP contribution in [0.2, 0.25) is 0 Å². The number of ether oxygens (including phenoxy) is 1. The topological polar surface area (TPSA) is 123 Å². The summed E-state index contributed by atoms with van der Waals surface area (Å²) >= 11 is 0. The fourth-order valence-corrected chi connectivity index (χ4v) is 3.77. The van der Waals surface area contributed by atoms with E-state index in [1.165, 1.54) is 30.6 Å². The van der Waals surface area contributed by atoms with E-state index in [4.69, 9.17) is 4.74 Å². The third-order valence-corrected chi connectivity index (χ3v) is 5.48. The van der Waals surface area contributed by atoms with Crippen molar-refractivity contribution < 1.29 is 41.8 Å². The van der Waals surface area contributed by atoms with Gasteiger partial charge in [-0.15, -0.1) is 0 Å². The number of rotatable bonds is 9. The Kier molecular flexibility index (Phi) is 8.12. The second kappa shape index (κ2) is 11.7. The number of halogens is 4. The van der Waals surface area contributed by atoms with Crippen LogP contribution < -0.4 is 15.4 Å². The van der Waals surface area contributed by atoms with Crippen molar-refractivity contribution in [2.24, 2.45) is 0 Å². The van der Waals surface area contributed by atoms with Crippen LogP contribution in [0.15, 0.2) is 79.4 Å². The first-order chi connectivity index (χ1) is 19.0. The molecule has 0 radical (unpaired) electrons. The molecule has 0 saturated heterocycles. The number of alkyl halides is 3. The van der Waals surface area contributed by atoms with Gasteiger partial charge in [0.1, 0.15) is 11.6 Å². The van der Waals surface area contributed by atoms with Crippen molar-refractivity contribution in [1.29, 1.82) is 0 Å². The number of benzene rings is 3. The van der Waals surface area contributed by atoms with Gasteiger partial charge in [0.2, 0.25) is 5.91 Å². The molecule has 1 aromatic heterocycles. The largest absolute Gasteiger partial charge is 0.483 e. The molecular weight excluding hydrogens is 536 g/mol. The van der Waals surface area contributed by atoms with Crippen LogP contribution in [0.5, 0.6) is 5.75 Å². The molecule has 0 bridgehead atoms. The minimum Gasteiger partial charge on any atom is -0.483 e. The summed E-state index contributed by atoms with van der Waals surface area (Å²) in [5.41, 5.74) is -0.0936. The minimum atomic E-state index is -4.74. The number of carbonyl (C=O) groups excluding carboxylic acids is 2. The first-order valence-electron chi connectivity index (χ1n) is 11.5. The predicted octanol–water partition coefficient (Wildman–Crippen LogP) is 5.92. The molecule has 4 aromatic rings. The monoisotopic (exact) mass is 556 g/mol. The molecular formula is C27H20F4N4O5. The predicted molar refractivity (Wildman–Crippen MR) is 136 cm³/mol. The molecule has 40 heavy (non-hydrogen) atoms. The van der Waals surface area contributed by atoms with Crippen molar-refractivity contribution in [1.82, 2.24) is 9.55 Å². The maximum absolute atomic E-state index is 14.6. The van der Waals surface area contributed by atoms with Gasteiger partial charge in [0.25, 0.3) is 0 Å². The molecule has 0 aliphatic heterocycles. The Hall–Kier alpha value is -5.20. The standard InChI is InChI=1S/C27H20F4N4O5/c28-20-7-2-1-6-18(20)19-11-21(22(34-26(38)39)12-24(19)40-14-27(29,30)31)33-25(37)13-23(36)16-4-3-5-17(10-16)35-9-8-32-15-35/h1-12,15,34H,13-14H2,(H,33,37)(H,38,39). The molecule has 2 amide bonds. The van der Waals surface area contributed by atoms with E-state index < -0.39 is 48.6 Å². The summed E-state index contributed by atoms with van der Waals surface area (Å²) in [5.74, 6) is -2.71. The van der Waals surface area contributed by atoms with Gasteiger partial charge < -0.3 is 19.7 Å². The number of carboxylic acid groups (broad SMARTS) is 1. The number of aromatic nitrogens is 2. The van der Waals surface area contributed by atoms with Crippen LogP contribution in [0.25, 0.3) is 16.8 Å². The molecule has 9 nitrogen and oxygen atoms in total.